The highest BCUT2D eigenvalue weighted by Gasteiger charge is 2.39. The van der Waals surface area contributed by atoms with Gasteiger partial charge < -0.3 is 5.32 Å². The molecule has 6 heteroatoms. The third-order valence-corrected chi connectivity index (χ3v) is 2.88. The highest BCUT2D eigenvalue weighted by molar-refractivity contribution is 5.90. The summed E-state index contributed by atoms with van der Waals surface area (Å²) in [4.78, 5) is 11.6. The molecule has 17 heavy (non-hydrogen) atoms. The second kappa shape index (κ2) is 3.97. The molecule has 2 aromatic rings. The lowest BCUT2D eigenvalue weighted by atomic mass is 10.1. The fraction of sp³-hybridized carbons (Fsp3) is 0.273. The van der Waals surface area contributed by atoms with Crippen LogP contribution in [0.2, 0.25) is 0 Å². The van der Waals surface area contributed by atoms with Crippen LogP contribution in [0.25, 0.3) is 0 Å². The summed E-state index contributed by atoms with van der Waals surface area (Å²) in [5.41, 5.74) is 1.26. The van der Waals surface area contributed by atoms with Crippen LogP contribution >= 0.6 is 0 Å². The van der Waals surface area contributed by atoms with E-state index < -0.39 is 0 Å². The lowest BCUT2D eigenvalue weighted by Gasteiger charge is -2.01. The van der Waals surface area contributed by atoms with Gasteiger partial charge in [-0.1, -0.05) is 30.3 Å². The van der Waals surface area contributed by atoms with E-state index in [2.05, 4.69) is 38.1 Å². The second-order valence-electron chi connectivity index (χ2n) is 4.07. The van der Waals surface area contributed by atoms with E-state index in [0.29, 0.717) is 5.92 Å². The van der Waals surface area contributed by atoms with Crippen LogP contribution in [0.1, 0.15) is 28.5 Å². The Balaban J connectivity index is 1.61. The van der Waals surface area contributed by atoms with Crippen molar-refractivity contribution in [2.45, 2.75) is 18.4 Å². The number of aromatic nitrogens is 4. The molecule has 3 rings (SSSR count). The van der Waals surface area contributed by atoms with Gasteiger partial charge in [-0.25, -0.2) is 0 Å². The summed E-state index contributed by atoms with van der Waals surface area (Å²) < 4.78 is 0. The molecule has 1 heterocycles. The van der Waals surface area contributed by atoms with Gasteiger partial charge in [0, 0.05) is 12.0 Å². The topological polar surface area (TPSA) is 83.6 Å². The van der Waals surface area contributed by atoms with Crippen molar-refractivity contribution in [3.05, 3.63) is 41.7 Å². The number of amides is 1. The quantitative estimate of drug-likeness (QED) is 0.802. The van der Waals surface area contributed by atoms with Crippen LogP contribution < -0.4 is 5.32 Å². The van der Waals surface area contributed by atoms with E-state index >= 15 is 0 Å². The predicted octanol–water partition coefficient (Wildman–Crippen LogP) is 0.486. The summed E-state index contributed by atoms with van der Waals surface area (Å²) in [5.74, 6) is 0.220. The molecule has 1 amide bonds. The van der Waals surface area contributed by atoms with Gasteiger partial charge in [-0.2, -0.15) is 5.21 Å². The van der Waals surface area contributed by atoms with Crippen LogP contribution in [-0.4, -0.2) is 32.6 Å². The third kappa shape index (κ3) is 2.01. The Labute approximate surface area is 97.4 Å². The fourth-order valence-corrected chi connectivity index (χ4v) is 1.91. The Hall–Kier alpha value is -2.24. The number of rotatable bonds is 3. The monoisotopic (exact) mass is 229 g/mol. The second-order valence-corrected chi connectivity index (χ2v) is 4.07. The first-order chi connectivity index (χ1) is 8.34. The smallest absolute Gasteiger partial charge is 0.293 e. The van der Waals surface area contributed by atoms with Gasteiger partial charge in [-0.3, -0.25) is 4.79 Å². The molecule has 0 radical (unpaired) electrons. The van der Waals surface area contributed by atoms with E-state index in [1.165, 1.54) is 5.56 Å². The van der Waals surface area contributed by atoms with Crippen LogP contribution in [-0.2, 0) is 0 Å². The lowest BCUT2D eigenvalue weighted by molar-refractivity contribution is 0.0940. The summed E-state index contributed by atoms with van der Waals surface area (Å²) in [7, 11) is 0. The van der Waals surface area contributed by atoms with Gasteiger partial charge in [0.1, 0.15) is 0 Å². The Bertz CT molecular complexity index is 510. The molecule has 1 saturated carbocycles. The van der Waals surface area contributed by atoms with Gasteiger partial charge >= 0.3 is 0 Å². The highest BCUT2D eigenvalue weighted by atomic mass is 16.2. The molecular formula is C11H11N5O. The number of hydrogen-bond acceptors (Lipinski definition) is 4. The largest absolute Gasteiger partial charge is 0.346 e. The molecule has 1 aromatic carbocycles. The Morgan fingerprint density at radius 2 is 2.18 bits per heavy atom. The Kier molecular flexibility index (Phi) is 2.32. The molecule has 6 nitrogen and oxygen atoms in total. The van der Waals surface area contributed by atoms with Crippen molar-refractivity contribution in [1.82, 2.24) is 25.9 Å². The average molecular weight is 229 g/mol. The van der Waals surface area contributed by atoms with Gasteiger partial charge in [-0.05, 0) is 17.2 Å². The van der Waals surface area contributed by atoms with E-state index in [1.54, 1.807) is 0 Å². The van der Waals surface area contributed by atoms with Crippen molar-refractivity contribution in [1.29, 1.82) is 0 Å². The first-order valence-electron chi connectivity index (χ1n) is 5.44. The molecular weight excluding hydrogens is 218 g/mol. The number of benzene rings is 1. The molecule has 0 aliphatic heterocycles. The average Bonchev–Trinajstić information content (AvgIpc) is 2.92. The van der Waals surface area contributed by atoms with Crippen molar-refractivity contribution in [2.24, 2.45) is 0 Å². The van der Waals surface area contributed by atoms with Crippen LogP contribution in [0.3, 0.4) is 0 Å². The summed E-state index contributed by atoms with van der Waals surface area (Å²) in [6.07, 6.45) is 0.966. The number of nitrogens with one attached hydrogen (secondary N) is 2. The molecule has 1 fully saturated rings. The predicted molar refractivity (Wildman–Crippen MR) is 59.2 cm³/mol. The summed E-state index contributed by atoms with van der Waals surface area (Å²) in [6.45, 7) is 0. The van der Waals surface area contributed by atoms with Crippen LogP contribution in [0.4, 0.5) is 0 Å². The summed E-state index contributed by atoms with van der Waals surface area (Å²) in [5, 5.41) is 15.8. The molecule has 1 aromatic heterocycles. The number of carbonyl (C=O) groups excluding carboxylic acids is 1. The van der Waals surface area contributed by atoms with Gasteiger partial charge in [-0.15, -0.1) is 10.2 Å². The van der Waals surface area contributed by atoms with E-state index in [9.17, 15) is 4.79 Å². The zero-order valence-corrected chi connectivity index (χ0v) is 9.00. The van der Waals surface area contributed by atoms with E-state index in [4.69, 9.17) is 0 Å². The van der Waals surface area contributed by atoms with Crippen molar-refractivity contribution >= 4 is 5.91 Å². The number of H-pyrrole nitrogens is 1. The summed E-state index contributed by atoms with van der Waals surface area (Å²) in [6, 6.07) is 10.3. The normalized spacial score (nSPS) is 22.1. The number of nitrogens with zero attached hydrogens (tertiary/aromatic N) is 3. The van der Waals surface area contributed by atoms with Crippen molar-refractivity contribution in [2.75, 3.05) is 0 Å². The number of aromatic amines is 1. The summed E-state index contributed by atoms with van der Waals surface area (Å²) >= 11 is 0. The van der Waals surface area contributed by atoms with Crippen LogP contribution in [0, 0.1) is 0 Å². The van der Waals surface area contributed by atoms with E-state index in [-0.39, 0.29) is 17.8 Å². The lowest BCUT2D eigenvalue weighted by Crippen LogP contribution is -2.27. The molecule has 2 atom stereocenters. The Morgan fingerprint density at radius 3 is 2.88 bits per heavy atom. The molecule has 0 spiro atoms. The highest BCUT2D eigenvalue weighted by Crippen LogP contribution is 2.40. The zero-order chi connectivity index (χ0) is 11.7. The maximum Gasteiger partial charge on any atom is 0.293 e. The third-order valence-electron chi connectivity index (χ3n) is 2.88. The van der Waals surface area contributed by atoms with E-state index in [0.717, 1.165) is 6.42 Å². The molecule has 0 saturated heterocycles. The first-order valence-corrected chi connectivity index (χ1v) is 5.44. The zero-order valence-electron chi connectivity index (χ0n) is 9.00. The molecule has 1 aliphatic carbocycles. The number of hydrogen-bond donors (Lipinski definition) is 2. The van der Waals surface area contributed by atoms with Gasteiger partial charge in [0.15, 0.2) is 0 Å². The standard InChI is InChI=1S/C11H11N5O/c17-11(10-13-15-16-14-10)12-9-6-8(9)7-4-2-1-3-5-7/h1-5,8-9H,6H2,(H,12,17)(H,13,14,15,16). The van der Waals surface area contributed by atoms with Gasteiger partial charge in [0.05, 0.1) is 0 Å². The maximum atomic E-state index is 11.6. The van der Waals surface area contributed by atoms with Crippen LogP contribution in [0.15, 0.2) is 30.3 Å². The minimum atomic E-state index is -0.276. The van der Waals surface area contributed by atoms with Crippen molar-refractivity contribution in [3.63, 3.8) is 0 Å². The molecule has 1 aliphatic rings. The molecule has 2 unspecified atom stereocenters. The molecule has 2 N–H and O–H groups in total. The minimum Gasteiger partial charge on any atom is -0.346 e. The van der Waals surface area contributed by atoms with Crippen LogP contribution in [0.5, 0.6) is 0 Å². The maximum absolute atomic E-state index is 11.6. The first kappa shape index (κ1) is 9.95. The Morgan fingerprint density at radius 1 is 1.35 bits per heavy atom. The van der Waals surface area contributed by atoms with Crippen molar-refractivity contribution < 1.29 is 4.79 Å². The molecule has 0 bridgehead atoms. The fourth-order valence-electron chi connectivity index (χ4n) is 1.91. The van der Waals surface area contributed by atoms with Gasteiger partial charge in [0.2, 0.25) is 0 Å². The SMILES string of the molecule is O=C(NC1CC1c1ccccc1)c1nn[nH]n1. The minimum absolute atomic E-state index is 0.0868. The van der Waals surface area contributed by atoms with Gasteiger partial charge in [0.25, 0.3) is 11.7 Å². The van der Waals surface area contributed by atoms with E-state index in [1.807, 2.05) is 18.2 Å². The number of carbonyl (C=O) groups is 1. The molecule has 86 valence electrons. The van der Waals surface area contributed by atoms with Crippen molar-refractivity contribution in [3.8, 4) is 0 Å². The number of tetrazole rings is 1.